The van der Waals surface area contributed by atoms with E-state index in [1.54, 1.807) is 0 Å². The van der Waals surface area contributed by atoms with E-state index in [4.69, 9.17) is 21.4 Å². The van der Waals surface area contributed by atoms with Crippen LogP contribution in [0.3, 0.4) is 0 Å². The van der Waals surface area contributed by atoms with E-state index in [1.807, 2.05) is 42.5 Å². The molecule has 0 amide bonds. The maximum atomic E-state index is 12.4. The molecule has 3 aromatic rings. The lowest BCUT2D eigenvalue weighted by molar-refractivity contribution is 0.0368. The van der Waals surface area contributed by atoms with Crippen LogP contribution in [0, 0.1) is 0 Å². The molecule has 0 bridgehead atoms. The Morgan fingerprint density at radius 2 is 1.76 bits per heavy atom. The SMILES string of the molecule is CS(=O)(=O)N1CCc2c(c(-c3ccc(Cl)c(-c4ccc(CO)cc4)c3)nn2CCCN2CCOCC2)C1. The van der Waals surface area contributed by atoms with E-state index in [9.17, 15) is 13.5 Å². The molecule has 0 spiro atoms. The van der Waals surface area contributed by atoms with E-state index < -0.39 is 10.0 Å². The molecule has 10 heteroatoms. The van der Waals surface area contributed by atoms with Gasteiger partial charge in [0.2, 0.25) is 10.0 Å². The molecule has 2 aromatic carbocycles. The highest BCUT2D eigenvalue weighted by Crippen LogP contribution is 2.36. The zero-order valence-corrected chi connectivity index (χ0v) is 22.6. The minimum absolute atomic E-state index is 0.0139. The fraction of sp³-hybridized carbons (Fsp3) is 0.444. The third-order valence-electron chi connectivity index (χ3n) is 7.20. The van der Waals surface area contributed by atoms with E-state index >= 15 is 0 Å². The van der Waals surface area contributed by atoms with Crippen LogP contribution in [-0.2, 0) is 40.9 Å². The summed E-state index contributed by atoms with van der Waals surface area (Å²) in [5.74, 6) is 0. The monoisotopic (exact) mass is 544 g/mol. The Bertz CT molecular complexity index is 1350. The number of ether oxygens (including phenoxy) is 1. The molecule has 1 fully saturated rings. The van der Waals surface area contributed by atoms with E-state index in [0.29, 0.717) is 24.5 Å². The fourth-order valence-electron chi connectivity index (χ4n) is 5.12. The summed E-state index contributed by atoms with van der Waals surface area (Å²) in [5, 5.41) is 15.0. The summed E-state index contributed by atoms with van der Waals surface area (Å²) in [7, 11) is -3.32. The van der Waals surface area contributed by atoms with Gasteiger partial charge in [-0.3, -0.25) is 9.58 Å². The van der Waals surface area contributed by atoms with Crippen molar-refractivity contribution >= 4 is 21.6 Å². The van der Waals surface area contributed by atoms with Gasteiger partial charge in [-0.2, -0.15) is 9.40 Å². The maximum absolute atomic E-state index is 12.4. The van der Waals surface area contributed by atoms with Gasteiger partial charge in [-0.25, -0.2) is 8.42 Å². The van der Waals surface area contributed by atoms with Gasteiger partial charge in [0.05, 0.1) is 31.8 Å². The van der Waals surface area contributed by atoms with Crippen LogP contribution in [0.1, 0.15) is 23.2 Å². The highest BCUT2D eigenvalue weighted by atomic mass is 35.5. The number of nitrogens with zero attached hydrogens (tertiary/aromatic N) is 4. The van der Waals surface area contributed by atoms with Crippen LogP contribution >= 0.6 is 11.6 Å². The van der Waals surface area contributed by atoms with E-state index in [2.05, 4.69) is 9.58 Å². The Balaban J connectivity index is 1.48. The van der Waals surface area contributed by atoms with Crippen molar-refractivity contribution in [2.75, 3.05) is 45.6 Å². The fourth-order valence-corrected chi connectivity index (χ4v) is 6.13. The molecule has 0 saturated carbocycles. The molecule has 2 aliphatic heterocycles. The number of aliphatic hydroxyl groups is 1. The van der Waals surface area contributed by atoms with Gasteiger partial charge < -0.3 is 9.84 Å². The normalized spacial score (nSPS) is 17.2. The van der Waals surface area contributed by atoms with Gasteiger partial charge in [0.15, 0.2) is 0 Å². The van der Waals surface area contributed by atoms with Crippen LogP contribution in [-0.4, -0.2) is 78.2 Å². The molecule has 8 nitrogen and oxygen atoms in total. The molecular weight excluding hydrogens is 512 g/mol. The summed E-state index contributed by atoms with van der Waals surface area (Å²) < 4.78 is 33.8. The number of aliphatic hydroxyl groups excluding tert-OH is 1. The number of aryl methyl sites for hydroxylation is 1. The summed E-state index contributed by atoms with van der Waals surface area (Å²) in [5.41, 5.74) is 6.44. The summed E-state index contributed by atoms with van der Waals surface area (Å²) >= 11 is 6.59. The van der Waals surface area contributed by atoms with E-state index in [1.165, 1.54) is 10.6 Å². The first-order valence-electron chi connectivity index (χ1n) is 12.7. The van der Waals surface area contributed by atoms with Crippen molar-refractivity contribution in [1.29, 1.82) is 0 Å². The quantitative estimate of drug-likeness (QED) is 0.467. The number of aromatic nitrogens is 2. The minimum Gasteiger partial charge on any atom is -0.392 e. The van der Waals surface area contributed by atoms with Gasteiger partial charge in [-0.15, -0.1) is 0 Å². The molecule has 5 rings (SSSR count). The molecule has 1 saturated heterocycles. The Morgan fingerprint density at radius 3 is 2.46 bits per heavy atom. The second kappa shape index (κ2) is 11.2. The van der Waals surface area contributed by atoms with Crippen molar-refractivity contribution in [3.63, 3.8) is 0 Å². The number of rotatable bonds is 8. The Morgan fingerprint density at radius 1 is 1.03 bits per heavy atom. The average Bonchev–Trinajstić information content (AvgIpc) is 3.27. The zero-order chi connectivity index (χ0) is 26.0. The van der Waals surface area contributed by atoms with Crippen molar-refractivity contribution in [3.8, 4) is 22.4 Å². The highest BCUT2D eigenvalue weighted by molar-refractivity contribution is 7.88. The summed E-state index contributed by atoms with van der Waals surface area (Å²) in [6, 6.07) is 13.5. The molecule has 3 heterocycles. The van der Waals surface area contributed by atoms with Crippen LogP contribution in [0.5, 0.6) is 0 Å². The van der Waals surface area contributed by atoms with Crippen LogP contribution in [0.4, 0.5) is 0 Å². The smallest absolute Gasteiger partial charge is 0.211 e. The van der Waals surface area contributed by atoms with Gasteiger partial charge in [-0.1, -0.05) is 41.9 Å². The van der Waals surface area contributed by atoms with Gasteiger partial charge in [0.1, 0.15) is 0 Å². The van der Waals surface area contributed by atoms with Gasteiger partial charge in [-0.05, 0) is 29.7 Å². The van der Waals surface area contributed by atoms with Crippen LogP contribution < -0.4 is 0 Å². The molecule has 198 valence electrons. The van der Waals surface area contributed by atoms with Crippen LogP contribution in [0.25, 0.3) is 22.4 Å². The Labute approximate surface area is 223 Å². The first-order chi connectivity index (χ1) is 17.8. The number of halogens is 1. The van der Waals surface area contributed by atoms with Crippen molar-refractivity contribution in [2.45, 2.75) is 32.5 Å². The van der Waals surface area contributed by atoms with Gasteiger partial charge >= 0.3 is 0 Å². The number of sulfonamides is 1. The molecule has 2 aliphatic rings. The molecule has 1 N–H and O–H groups in total. The molecule has 0 unspecified atom stereocenters. The molecule has 1 aromatic heterocycles. The topological polar surface area (TPSA) is 87.9 Å². The number of benzene rings is 2. The van der Waals surface area contributed by atoms with Crippen molar-refractivity contribution < 1.29 is 18.3 Å². The van der Waals surface area contributed by atoms with Crippen molar-refractivity contribution in [3.05, 3.63) is 64.3 Å². The lowest BCUT2D eigenvalue weighted by Gasteiger charge is -2.27. The summed E-state index contributed by atoms with van der Waals surface area (Å²) in [6.45, 7) is 6.00. The lowest BCUT2D eigenvalue weighted by Crippen LogP contribution is -2.37. The predicted molar refractivity (Wildman–Crippen MR) is 145 cm³/mol. The molecular formula is C27H33ClN4O4S. The van der Waals surface area contributed by atoms with Crippen LogP contribution in [0.15, 0.2) is 42.5 Å². The molecule has 0 aliphatic carbocycles. The Kier molecular flexibility index (Phi) is 7.99. The van der Waals surface area contributed by atoms with Crippen molar-refractivity contribution in [2.24, 2.45) is 0 Å². The Hall–Kier alpha value is -2.27. The standard InChI is InChI=1S/C27H33ClN4O4S/c1-37(34,35)31-12-9-26-24(18-31)27(29-32(26)11-2-10-30-13-15-36-16-14-30)22-7-8-25(28)23(17-22)21-5-3-20(19-33)4-6-21/h3-8,17,33H,2,9-16,18-19H2,1H3. The van der Waals surface area contributed by atoms with Crippen LogP contribution in [0.2, 0.25) is 5.02 Å². The number of fused-ring (bicyclic) bond motifs is 1. The third kappa shape index (κ3) is 5.92. The van der Waals surface area contributed by atoms with Gasteiger partial charge in [0.25, 0.3) is 0 Å². The number of hydrogen-bond donors (Lipinski definition) is 1. The second-order valence-corrected chi connectivity index (χ2v) is 12.1. The number of hydrogen-bond acceptors (Lipinski definition) is 6. The maximum Gasteiger partial charge on any atom is 0.211 e. The third-order valence-corrected chi connectivity index (χ3v) is 8.78. The molecule has 0 atom stereocenters. The average molecular weight is 545 g/mol. The first kappa shape index (κ1) is 26.3. The molecule has 37 heavy (non-hydrogen) atoms. The van der Waals surface area contributed by atoms with E-state index in [-0.39, 0.29) is 6.61 Å². The molecule has 0 radical (unpaired) electrons. The minimum atomic E-state index is -3.32. The summed E-state index contributed by atoms with van der Waals surface area (Å²) in [6.07, 6.45) is 2.86. The van der Waals surface area contributed by atoms with E-state index in [0.717, 1.165) is 85.0 Å². The predicted octanol–water partition coefficient (Wildman–Crippen LogP) is 3.40. The largest absolute Gasteiger partial charge is 0.392 e. The second-order valence-electron chi connectivity index (χ2n) is 9.70. The number of morpholine rings is 1. The zero-order valence-electron chi connectivity index (χ0n) is 21.1. The first-order valence-corrected chi connectivity index (χ1v) is 14.9. The van der Waals surface area contributed by atoms with Crippen molar-refractivity contribution in [1.82, 2.24) is 19.0 Å². The lowest BCUT2D eigenvalue weighted by atomic mass is 9.97. The summed E-state index contributed by atoms with van der Waals surface area (Å²) in [4.78, 5) is 2.42. The van der Waals surface area contributed by atoms with Gasteiger partial charge in [0, 0.05) is 73.1 Å². The highest BCUT2D eigenvalue weighted by Gasteiger charge is 2.30.